The molecule has 0 aromatic heterocycles. The molecule has 0 heterocycles. The van der Waals surface area contributed by atoms with Gasteiger partial charge in [0, 0.05) is 12.1 Å². The quantitative estimate of drug-likeness (QED) is 0.193. The number of amides is 1. The van der Waals surface area contributed by atoms with Gasteiger partial charge in [-0.15, -0.1) is 0 Å². The summed E-state index contributed by atoms with van der Waals surface area (Å²) in [5, 5.41) is 21.7. The van der Waals surface area contributed by atoms with Crippen molar-refractivity contribution in [1.29, 1.82) is 10.5 Å². The zero-order chi connectivity index (χ0) is 25.9. The molecule has 0 unspecified atom stereocenters. The van der Waals surface area contributed by atoms with E-state index in [4.69, 9.17) is 14.2 Å². The topological polar surface area (TPSA) is 104 Å². The second-order valence-electron chi connectivity index (χ2n) is 7.52. The number of nitrogens with one attached hydrogen (secondary N) is 1. The van der Waals surface area contributed by atoms with Gasteiger partial charge in [-0.3, -0.25) is 4.79 Å². The lowest BCUT2D eigenvalue weighted by Crippen LogP contribution is -2.23. The van der Waals surface area contributed by atoms with Gasteiger partial charge >= 0.3 is 0 Å². The molecule has 3 aromatic carbocycles. The molecule has 0 aliphatic carbocycles. The zero-order valence-corrected chi connectivity index (χ0v) is 22.0. The summed E-state index contributed by atoms with van der Waals surface area (Å²) >= 11 is 2.13. The Morgan fingerprint density at radius 2 is 1.83 bits per heavy atom. The van der Waals surface area contributed by atoms with Crippen molar-refractivity contribution in [2.24, 2.45) is 0 Å². The smallest absolute Gasteiger partial charge is 0.262 e. The Hall–Kier alpha value is -4.02. The minimum Gasteiger partial charge on any atom is -0.497 e. The van der Waals surface area contributed by atoms with Gasteiger partial charge in [0.05, 0.1) is 28.9 Å². The highest BCUT2D eigenvalue weighted by Crippen LogP contribution is 2.35. The van der Waals surface area contributed by atoms with E-state index in [0.29, 0.717) is 29.2 Å². The lowest BCUT2D eigenvalue weighted by molar-refractivity contribution is -0.117. The summed E-state index contributed by atoms with van der Waals surface area (Å²) in [4.78, 5) is 12.6. The summed E-state index contributed by atoms with van der Waals surface area (Å²) in [6.45, 7) is 2.74. The third-order valence-corrected chi connectivity index (χ3v) is 5.93. The number of carbonyl (C=O) groups excluding carboxylic acids is 1. The minimum absolute atomic E-state index is 0.0293. The molecule has 0 aliphatic rings. The highest BCUT2D eigenvalue weighted by molar-refractivity contribution is 14.1. The second kappa shape index (κ2) is 13.2. The van der Waals surface area contributed by atoms with Crippen molar-refractivity contribution >= 4 is 34.6 Å². The lowest BCUT2D eigenvalue weighted by Gasteiger charge is -2.15. The van der Waals surface area contributed by atoms with Crippen LogP contribution in [0, 0.1) is 26.2 Å². The molecule has 0 atom stereocenters. The van der Waals surface area contributed by atoms with Gasteiger partial charge < -0.3 is 19.5 Å². The van der Waals surface area contributed by atoms with E-state index in [0.717, 1.165) is 20.4 Å². The van der Waals surface area contributed by atoms with E-state index in [1.54, 1.807) is 25.3 Å². The fourth-order valence-electron chi connectivity index (χ4n) is 3.32. The lowest BCUT2D eigenvalue weighted by atomic mass is 10.1. The molecule has 182 valence electrons. The molecule has 7 nitrogen and oxygen atoms in total. The largest absolute Gasteiger partial charge is 0.497 e. The zero-order valence-electron chi connectivity index (χ0n) is 19.9. The van der Waals surface area contributed by atoms with Crippen molar-refractivity contribution in [3.63, 3.8) is 0 Å². The Bertz CT molecular complexity index is 1340. The van der Waals surface area contributed by atoms with E-state index < -0.39 is 5.91 Å². The van der Waals surface area contributed by atoms with Crippen LogP contribution in [0.1, 0.15) is 29.2 Å². The molecule has 1 N–H and O–H groups in total. The number of rotatable bonds is 10. The highest BCUT2D eigenvalue weighted by Gasteiger charge is 2.15. The van der Waals surface area contributed by atoms with Gasteiger partial charge in [-0.25, -0.2) is 0 Å². The first-order valence-corrected chi connectivity index (χ1v) is 12.2. The summed E-state index contributed by atoms with van der Waals surface area (Å²) < 4.78 is 17.7. The van der Waals surface area contributed by atoms with Crippen molar-refractivity contribution in [2.45, 2.75) is 20.1 Å². The van der Waals surface area contributed by atoms with Crippen molar-refractivity contribution < 1.29 is 19.0 Å². The van der Waals surface area contributed by atoms with Crippen LogP contribution in [0.5, 0.6) is 17.2 Å². The predicted octanol–water partition coefficient (Wildman–Crippen LogP) is 5.37. The molecule has 1 amide bonds. The van der Waals surface area contributed by atoms with Gasteiger partial charge in [0.2, 0.25) is 0 Å². The van der Waals surface area contributed by atoms with Gasteiger partial charge in [0.25, 0.3) is 5.91 Å². The Kier molecular flexibility index (Phi) is 9.73. The number of nitriles is 2. The van der Waals surface area contributed by atoms with Crippen LogP contribution in [0.25, 0.3) is 6.08 Å². The van der Waals surface area contributed by atoms with E-state index in [2.05, 4.69) is 34.0 Å². The second-order valence-corrected chi connectivity index (χ2v) is 8.68. The molecule has 0 bridgehead atoms. The predicted molar refractivity (Wildman–Crippen MR) is 144 cm³/mol. The fraction of sp³-hybridized carbons (Fsp3) is 0.179. The van der Waals surface area contributed by atoms with Crippen LogP contribution in [0.15, 0.2) is 66.2 Å². The molecular formula is C28H24IN3O4. The van der Waals surface area contributed by atoms with E-state index >= 15 is 0 Å². The van der Waals surface area contributed by atoms with Gasteiger partial charge in [0.1, 0.15) is 24.0 Å². The number of nitrogens with zero attached hydrogens (tertiary/aromatic N) is 2. The summed E-state index contributed by atoms with van der Waals surface area (Å²) in [6, 6.07) is 22.2. The number of benzene rings is 3. The first-order valence-electron chi connectivity index (χ1n) is 11.1. The van der Waals surface area contributed by atoms with Crippen molar-refractivity contribution in [2.75, 3.05) is 13.7 Å². The van der Waals surface area contributed by atoms with Crippen molar-refractivity contribution in [1.82, 2.24) is 5.32 Å². The van der Waals surface area contributed by atoms with Crippen molar-refractivity contribution in [3.8, 4) is 29.4 Å². The molecule has 0 saturated heterocycles. The SMILES string of the molecule is CCOc1cc(/C=C(/C#N)C(=O)NCc2ccc(OC)cc2)cc(I)c1OCc1ccccc1C#N. The maximum atomic E-state index is 12.6. The van der Waals surface area contributed by atoms with E-state index in [-0.39, 0.29) is 18.7 Å². The molecular weight excluding hydrogens is 569 g/mol. The highest BCUT2D eigenvalue weighted by atomic mass is 127. The number of methoxy groups -OCH3 is 1. The first-order chi connectivity index (χ1) is 17.5. The molecule has 8 heteroatoms. The van der Waals surface area contributed by atoms with E-state index in [9.17, 15) is 15.3 Å². The number of carbonyl (C=O) groups is 1. The number of ether oxygens (including phenoxy) is 3. The fourth-order valence-corrected chi connectivity index (χ4v) is 4.10. The summed E-state index contributed by atoms with van der Waals surface area (Å²) in [5.74, 6) is 1.27. The van der Waals surface area contributed by atoms with Gasteiger partial charge in [-0.05, 0) is 77.0 Å². The van der Waals surface area contributed by atoms with Crippen molar-refractivity contribution in [3.05, 3.63) is 92.1 Å². The van der Waals surface area contributed by atoms with Gasteiger partial charge in [0.15, 0.2) is 11.5 Å². The molecule has 0 fully saturated rings. The summed E-state index contributed by atoms with van der Waals surface area (Å²) in [5.41, 5.74) is 2.79. The molecule has 3 rings (SSSR count). The van der Waals surface area contributed by atoms with Crippen LogP contribution in [0.2, 0.25) is 0 Å². The van der Waals surface area contributed by atoms with Crippen LogP contribution in [0.4, 0.5) is 0 Å². The number of hydrogen-bond acceptors (Lipinski definition) is 6. The maximum Gasteiger partial charge on any atom is 0.262 e. The normalized spacial score (nSPS) is 10.6. The van der Waals surface area contributed by atoms with Crippen LogP contribution in [-0.4, -0.2) is 19.6 Å². The van der Waals surface area contributed by atoms with Crippen LogP contribution in [0.3, 0.4) is 0 Å². The van der Waals surface area contributed by atoms with E-state index in [1.165, 1.54) is 6.08 Å². The molecule has 3 aromatic rings. The summed E-state index contributed by atoms with van der Waals surface area (Å²) in [7, 11) is 1.59. The Balaban J connectivity index is 1.78. The van der Waals surface area contributed by atoms with Gasteiger partial charge in [-0.1, -0.05) is 30.3 Å². The van der Waals surface area contributed by atoms with Crippen LogP contribution < -0.4 is 19.5 Å². The Labute approximate surface area is 224 Å². The Morgan fingerprint density at radius 1 is 1.08 bits per heavy atom. The van der Waals surface area contributed by atoms with E-state index in [1.807, 2.05) is 55.5 Å². The van der Waals surface area contributed by atoms with Crippen LogP contribution in [-0.2, 0) is 17.9 Å². The summed E-state index contributed by atoms with van der Waals surface area (Å²) in [6.07, 6.45) is 1.52. The molecule has 0 radical (unpaired) electrons. The molecule has 36 heavy (non-hydrogen) atoms. The average molecular weight is 593 g/mol. The monoisotopic (exact) mass is 593 g/mol. The molecule has 0 aliphatic heterocycles. The average Bonchev–Trinajstić information content (AvgIpc) is 2.90. The standard InChI is InChI=1S/C28H24IN3O4/c1-3-35-26-14-20(13-25(29)27(26)36-18-22-7-5-4-6-21(22)15-30)12-23(16-31)28(33)32-17-19-8-10-24(34-2)11-9-19/h4-14H,3,17-18H2,1-2H3,(H,32,33)/b23-12-. The first kappa shape index (κ1) is 26.6. The maximum absolute atomic E-state index is 12.6. The molecule has 0 spiro atoms. The number of halogens is 1. The van der Waals surface area contributed by atoms with Crippen LogP contribution >= 0.6 is 22.6 Å². The third-order valence-electron chi connectivity index (χ3n) is 5.13. The third kappa shape index (κ3) is 7.00. The molecule has 0 saturated carbocycles. The Morgan fingerprint density at radius 3 is 2.50 bits per heavy atom. The minimum atomic E-state index is -0.477. The van der Waals surface area contributed by atoms with Gasteiger partial charge in [-0.2, -0.15) is 10.5 Å². The number of hydrogen-bond donors (Lipinski definition) is 1.